The molecular formula is C29H31N3O4S. The summed E-state index contributed by atoms with van der Waals surface area (Å²) in [4.78, 5) is 33.2. The molecule has 8 heteroatoms. The van der Waals surface area contributed by atoms with Crippen LogP contribution in [0.1, 0.15) is 61.4 Å². The van der Waals surface area contributed by atoms with Crippen molar-refractivity contribution < 1.29 is 19.4 Å². The standard InChI is InChI=1S/C29H31N3O4S/c1-6-7-22-21(15-30-28(35)36-29(3,4)5)25(18-10-8-17(2)9-11-18)20-14-19(12-13-23(20)31-22)26-32-24(16-37-26)27(33)34/h8-14,16H,6-7,15H2,1-5H3,(H,30,35)(H,33,34). The van der Waals surface area contributed by atoms with Crippen LogP contribution in [0.5, 0.6) is 0 Å². The number of aromatic nitrogens is 2. The van der Waals surface area contributed by atoms with Gasteiger partial charge >= 0.3 is 12.1 Å². The van der Waals surface area contributed by atoms with Crippen LogP contribution in [0.3, 0.4) is 0 Å². The van der Waals surface area contributed by atoms with Crippen molar-refractivity contribution in [1.82, 2.24) is 15.3 Å². The number of nitrogens with one attached hydrogen (secondary N) is 1. The molecule has 37 heavy (non-hydrogen) atoms. The van der Waals surface area contributed by atoms with Crippen molar-refractivity contribution in [3.8, 4) is 21.7 Å². The predicted molar refractivity (Wildman–Crippen MR) is 147 cm³/mol. The Labute approximate surface area is 220 Å². The van der Waals surface area contributed by atoms with E-state index < -0.39 is 17.7 Å². The van der Waals surface area contributed by atoms with Gasteiger partial charge < -0.3 is 15.2 Å². The fraction of sp³-hybridized carbons (Fsp3) is 0.310. The molecule has 0 saturated heterocycles. The number of thiazole rings is 1. The lowest BCUT2D eigenvalue weighted by Crippen LogP contribution is -2.32. The molecule has 7 nitrogen and oxygen atoms in total. The number of nitrogens with zero attached hydrogens (tertiary/aromatic N) is 2. The molecule has 2 aromatic heterocycles. The van der Waals surface area contributed by atoms with Crippen LogP contribution in [-0.2, 0) is 17.7 Å². The summed E-state index contributed by atoms with van der Waals surface area (Å²) in [7, 11) is 0. The van der Waals surface area contributed by atoms with Crippen LogP contribution in [0.25, 0.3) is 32.6 Å². The van der Waals surface area contributed by atoms with E-state index in [0.717, 1.165) is 57.3 Å². The first-order valence-electron chi connectivity index (χ1n) is 12.2. The number of amides is 1. The van der Waals surface area contributed by atoms with Gasteiger partial charge in [-0.15, -0.1) is 11.3 Å². The Morgan fingerprint density at radius 1 is 1.05 bits per heavy atom. The summed E-state index contributed by atoms with van der Waals surface area (Å²) in [5, 5.41) is 15.3. The molecule has 0 aliphatic heterocycles. The van der Waals surface area contributed by atoms with Crippen LogP contribution >= 0.6 is 11.3 Å². The number of carbonyl (C=O) groups excluding carboxylic acids is 1. The lowest BCUT2D eigenvalue weighted by Gasteiger charge is -2.22. The number of carboxylic acids is 1. The molecule has 0 radical (unpaired) electrons. The van der Waals surface area contributed by atoms with Gasteiger partial charge in [-0.3, -0.25) is 4.98 Å². The lowest BCUT2D eigenvalue weighted by atomic mass is 9.91. The van der Waals surface area contributed by atoms with Gasteiger partial charge in [0, 0.05) is 34.1 Å². The third kappa shape index (κ3) is 6.14. The molecule has 0 saturated carbocycles. The van der Waals surface area contributed by atoms with Gasteiger partial charge in [-0.25, -0.2) is 14.6 Å². The zero-order chi connectivity index (χ0) is 26.7. The van der Waals surface area contributed by atoms with Gasteiger partial charge in [-0.05, 0) is 63.4 Å². The van der Waals surface area contributed by atoms with Crippen molar-refractivity contribution in [2.45, 2.75) is 59.6 Å². The van der Waals surface area contributed by atoms with Crippen LogP contribution < -0.4 is 5.32 Å². The van der Waals surface area contributed by atoms with Gasteiger partial charge in [0.1, 0.15) is 10.6 Å². The number of aromatic carboxylic acids is 1. The summed E-state index contributed by atoms with van der Waals surface area (Å²) in [5.74, 6) is -1.05. The molecule has 0 atom stereocenters. The first-order chi connectivity index (χ1) is 17.6. The molecule has 192 valence electrons. The Hall–Kier alpha value is -3.78. The van der Waals surface area contributed by atoms with Crippen LogP contribution in [0.15, 0.2) is 47.8 Å². The highest BCUT2D eigenvalue weighted by atomic mass is 32.1. The van der Waals surface area contributed by atoms with E-state index >= 15 is 0 Å². The topological polar surface area (TPSA) is 101 Å². The number of fused-ring (bicyclic) bond motifs is 1. The summed E-state index contributed by atoms with van der Waals surface area (Å²) >= 11 is 1.29. The molecular weight excluding hydrogens is 486 g/mol. The second-order valence-electron chi connectivity index (χ2n) is 9.96. The second-order valence-corrected chi connectivity index (χ2v) is 10.8. The Morgan fingerprint density at radius 2 is 1.76 bits per heavy atom. The molecule has 4 aromatic rings. The fourth-order valence-electron chi connectivity index (χ4n) is 4.15. The summed E-state index contributed by atoms with van der Waals surface area (Å²) < 4.78 is 5.48. The number of alkyl carbamates (subject to hydrolysis) is 1. The molecule has 2 heterocycles. The number of aryl methyl sites for hydroxylation is 2. The molecule has 0 aliphatic rings. The highest BCUT2D eigenvalue weighted by molar-refractivity contribution is 7.13. The van der Waals surface area contributed by atoms with Crippen LogP contribution in [0.4, 0.5) is 4.79 Å². The minimum absolute atomic E-state index is 0.0255. The lowest BCUT2D eigenvalue weighted by molar-refractivity contribution is 0.0523. The maximum absolute atomic E-state index is 12.5. The minimum atomic E-state index is -1.05. The third-order valence-electron chi connectivity index (χ3n) is 5.78. The monoisotopic (exact) mass is 517 g/mol. The Kier molecular flexibility index (Phi) is 7.59. The SMILES string of the molecule is CCCc1nc2ccc(-c3nc(C(=O)O)cs3)cc2c(-c2ccc(C)cc2)c1CNC(=O)OC(C)(C)C. The van der Waals surface area contributed by atoms with E-state index in [9.17, 15) is 14.7 Å². The van der Waals surface area contributed by atoms with E-state index in [1.54, 1.807) is 5.38 Å². The second kappa shape index (κ2) is 10.7. The molecule has 0 fully saturated rings. The van der Waals surface area contributed by atoms with Crippen LogP contribution in [0.2, 0.25) is 0 Å². The molecule has 4 rings (SSSR count). The van der Waals surface area contributed by atoms with Crippen molar-refractivity contribution in [2.24, 2.45) is 0 Å². The van der Waals surface area contributed by atoms with Gasteiger partial charge in [0.05, 0.1) is 5.52 Å². The third-order valence-corrected chi connectivity index (χ3v) is 6.67. The molecule has 0 spiro atoms. The Balaban J connectivity index is 1.90. The maximum Gasteiger partial charge on any atom is 0.407 e. The molecule has 0 unspecified atom stereocenters. The smallest absolute Gasteiger partial charge is 0.407 e. The molecule has 0 aliphatic carbocycles. The number of hydrogen-bond donors (Lipinski definition) is 2. The zero-order valence-electron chi connectivity index (χ0n) is 21.7. The zero-order valence-corrected chi connectivity index (χ0v) is 22.5. The van der Waals surface area contributed by atoms with Gasteiger partial charge in [-0.2, -0.15) is 0 Å². The largest absolute Gasteiger partial charge is 0.476 e. The average molecular weight is 518 g/mol. The van der Waals surface area contributed by atoms with Gasteiger partial charge in [-0.1, -0.05) is 43.2 Å². The van der Waals surface area contributed by atoms with Crippen molar-refractivity contribution in [2.75, 3.05) is 0 Å². The number of rotatable bonds is 7. The molecule has 2 aromatic carbocycles. The fourth-order valence-corrected chi connectivity index (χ4v) is 4.94. The number of carbonyl (C=O) groups is 2. The van der Waals surface area contributed by atoms with E-state index in [0.29, 0.717) is 5.01 Å². The quantitative estimate of drug-likeness (QED) is 0.273. The van der Waals surface area contributed by atoms with Crippen molar-refractivity contribution in [3.63, 3.8) is 0 Å². The predicted octanol–water partition coefficient (Wildman–Crippen LogP) is 7.01. The summed E-state index contributed by atoms with van der Waals surface area (Å²) in [6.45, 7) is 9.92. The van der Waals surface area contributed by atoms with Crippen LogP contribution in [-0.4, -0.2) is 32.7 Å². The first-order valence-corrected chi connectivity index (χ1v) is 13.1. The first kappa shape index (κ1) is 26.3. The number of hydrogen-bond acceptors (Lipinski definition) is 6. The summed E-state index contributed by atoms with van der Waals surface area (Å²) in [5.41, 5.74) is 6.08. The maximum atomic E-state index is 12.5. The highest BCUT2D eigenvalue weighted by Crippen LogP contribution is 2.37. The Bertz CT molecular complexity index is 1450. The van der Waals surface area contributed by atoms with E-state index in [2.05, 4.69) is 41.5 Å². The normalized spacial score (nSPS) is 11.5. The van der Waals surface area contributed by atoms with E-state index in [1.165, 1.54) is 11.3 Å². The molecule has 1 amide bonds. The minimum Gasteiger partial charge on any atom is -0.476 e. The van der Waals surface area contributed by atoms with Gasteiger partial charge in [0.25, 0.3) is 0 Å². The van der Waals surface area contributed by atoms with Gasteiger partial charge in [0.2, 0.25) is 0 Å². The van der Waals surface area contributed by atoms with Crippen molar-refractivity contribution >= 4 is 34.3 Å². The van der Waals surface area contributed by atoms with Crippen molar-refractivity contribution in [1.29, 1.82) is 0 Å². The van der Waals surface area contributed by atoms with Crippen LogP contribution in [0, 0.1) is 6.92 Å². The van der Waals surface area contributed by atoms with E-state index in [-0.39, 0.29) is 12.2 Å². The Morgan fingerprint density at radius 3 is 2.38 bits per heavy atom. The highest BCUT2D eigenvalue weighted by Gasteiger charge is 2.21. The van der Waals surface area contributed by atoms with Crippen molar-refractivity contribution in [3.05, 3.63) is 70.4 Å². The van der Waals surface area contributed by atoms with E-state index in [4.69, 9.17) is 9.72 Å². The molecule has 0 bridgehead atoms. The summed E-state index contributed by atoms with van der Waals surface area (Å²) in [6.07, 6.45) is 1.18. The number of benzene rings is 2. The average Bonchev–Trinajstić information content (AvgIpc) is 3.33. The molecule has 2 N–H and O–H groups in total. The number of ether oxygens (including phenoxy) is 1. The van der Waals surface area contributed by atoms with Gasteiger partial charge in [0.15, 0.2) is 5.69 Å². The number of carboxylic acid groups (broad SMARTS) is 1. The number of pyridine rings is 1. The summed E-state index contributed by atoms with van der Waals surface area (Å²) in [6, 6.07) is 14.2. The van der Waals surface area contributed by atoms with E-state index in [1.807, 2.05) is 45.9 Å².